The zero-order chi connectivity index (χ0) is 11.0. The van der Waals surface area contributed by atoms with Crippen LogP contribution in [0.3, 0.4) is 0 Å². The Kier molecular flexibility index (Phi) is 2.54. The Labute approximate surface area is 88.3 Å². The molecule has 2 atom stereocenters. The maximum atomic E-state index is 9.67. The molecule has 0 radical (unpaired) electrons. The highest BCUT2D eigenvalue weighted by Gasteiger charge is 2.22. The maximum absolute atomic E-state index is 9.67. The third kappa shape index (κ3) is 1.78. The lowest BCUT2D eigenvalue weighted by Gasteiger charge is -2.11. The number of ether oxygens (including phenoxy) is 1. The van der Waals surface area contributed by atoms with Gasteiger partial charge in [-0.25, -0.2) is 0 Å². The van der Waals surface area contributed by atoms with Gasteiger partial charge in [-0.1, -0.05) is 0 Å². The number of aliphatic hydroxyl groups is 1. The molecule has 4 heteroatoms. The summed E-state index contributed by atoms with van der Waals surface area (Å²) < 4.78 is 5.48. The summed E-state index contributed by atoms with van der Waals surface area (Å²) in [5.41, 5.74) is 6.85. The Balaban J connectivity index is 2.39. The van der Waals surface area contributed by atoms with Crippen LogP contribution in [0.1, 0.15) is 24.2 Å². The van der Waals surface area contributed by atoms with Crippen LogP contribution in [0.25, 0.3) is 0 Å². The number of hydrogen-bond acceptors (Lipinski definition) is 4. The van der Waals surface area contributed by atoms with E-state index in [1.165, 1.54) is 0 Å². The molecule has 0 fully saturated rings. The van der Waals surface area contributed by atoms with Crippen LogP contribution in [-0.4, -0.2) is 22.9 Å². The summed E-state index contributed by atoms with van der Waals surface area (Å²) in [4.78, 5) is 0. The Hall–Kier alpha value is -1.26. The second kappa shape index (κ2) is 3.72. The average molecular weight is 209 g/mol. The number of aromatic hydroxyl groups is 1. The highest BCUT2D eigenvalue weighted by atomic mass is 16.5. The summed E-state index contributed by atoms with van der Waals surface area (Å²) in [5.74, 6) is 0.744. The standard InChI is InChI=1S/C11H15NO3/c1-6-2-7-3-8(10(14)5-12)9(13)4-11(7)15-6/h3-4,6,10,13-14H,2,5,12H2,1H3. The molecule has 4 nitrogen and oxygen atoms in total. The van der Waals surface area contributed by atoms with Crippen LogP contribution in [0, 0.1) is 0 Å². The highest BCUT2D eigenvalue weighted by Crippen LogP contribution is 2.36. The summed E-state index contributed by atoms with van der Waals surface area (Å²) in [6.45, 7) is 2.07. The molecule has 1 heterocycles. The monoisotopic (exact) mass is 209 g/mol. The third-order valence-corrected chi connectivity index (χ3v) is 2.63. The number of aliphatic hydroxyl groups excluding tert-OH is 1. The second-order valence-corrected chi connectivity index (χ2v) is 3.90. The lowest BCUT2D eigenvalue weighted by molar-refractivity contribution is 0.182. The quantitative estimate of drug-likeness (QED) is 0.670. The minimum absolute atomic E-state index is 0.0424. The molecule has 2 unspecified atom stereocenters. The van der Waals surface area contributed by atoms with Crippen molar-refractivity contribution in [2.24, 2.45) is 5.73 Å². The molecule has 0 bridgehead atoms. The smallest absolute Gasteiger partial charge is 0.126 e. The van der Waals surface area contributed by atoms with Gasteiger partial charge in [0.1, 0.15) is 17.6 Å². The summed E-state index contributed by atoms with van der Waals surface area (Å²) >= 11 is 0. The minimum atomic E-state index is -0.814. The topological polar surface area (TPSA) is 75.7 Å². The van der Waals surface area contributed by atoms with E-state index in [4.69, 9.17) is 10.5 Å². The number of phenols is 1. The van der Waals surface area contributed by atoms with Crippen LogP contribution >= 0.6 is 0 Å². The first kappa shape index (κ1) is 10.3. The van der Waals surface area contributed by atoms with E-state index in [0.29, 0.717) is 11.3 Å². The van der Waals surface area contributed by atoms with Crippen molar-refractivity contribution in [3.8, 4) is 11.5 Å². The largest absolute Gasteiger partial charge is 0.507 e. The number of nitrogens with two attached hydrogens (primary N) is 1. The Morgan fingerprint density at radius 2 is 2.33 bits per heavy atom. The molecule has 0 aromatic heterocycles. The molecule has 1 aliphatic heterocycles. The van der Waals surface area contributed by atoms with Gasteiger partial charge in [0.05, 0.1) is 6.10 Å². The summed E-state index contributed by atoms with van der Waals surface area (Å²) in [6, 6.07) is 3.32. The fourth-order valence-corrected chi connectivity index (χ4v) is 1.86. The molecule has 0 saturated heterocycles. The second-order valence-electron chi connectivity index (χ2n) is 3.90. The van der Waals surface area contributed by atoms with Crippen molar-refractivity contribution in [1.29, 1.82) is 0 Å². The van der Waals surface area contributed by atoms with Crippen LogP contribution in [-0.2, 0) is 6.42 Å². The molecular formula is C11H15NO3. The van der Waals surface area contributed by atoms with Gasteiger partial charge in [-0.05, 0) is 18.6 Å². The molecule has 0 saturated carbocycles. The third-order valence-electron chi connectivity index (χ3n) is 2.63. The number of rotatable bonds is 2. The van der Waals surface area contributed by atoms with Gasteiger partial charge >= 0.3 is 0 Å². The zero-order valence-corrected chi connectivity index (χ0v) is 8.60. The fraction of sp³-hybridized carbons (Fsp3) is 0.455. The first-order valence-electron chi connectivity index (χ1n) is 5.02. The lowest BCUT2D eigenvalue weighted by atomic mass is 10.0. The Morgan fingerprint density at radius 3 is 3.00 bits per heavy atom. The average Bonchev–Trinajstić information content (AvgIpc) is 2.55. The highest BCUT2D eigenvalue weighted by molar-refractivity contribution is 5.49. The lowest BCUT2D eigenvalue weighted by Crippen LogP contribution is -2.11. The minimum Gasteiger partial charge on any atom is -0.507 e. The summed E-state index contributed by atoms with van der Waals surface area (Å²) in [5, 5.41) is 19.2. The molecule has 0 aliphatic carbocycles. The van der Waals surface area contributed by atoms with Gasteiger partial charge in [-0.3, -0.25) is 0 Å². The molecule has 0 spiro atoms. The molecule has 0 amide bonds. The van der Waals surface area contributed by atoms with Crippen molar-refractivity contribution < 1.29 is 14.9 Å². The van der Waals surface area contributed by atoms with Gasteiger partial charge < -0.3 is 20.7 Å². The number of benzene rings is 1. The predicted molar refractivity (Wildman–Crippen MR) is 55.9 cm³/mol. The van der Waals surface area contributed by atoms with E-state index in [1.54, 1.807) is 12.1 Å². The van der Waals surface area contributed by atoms with Gasteiger partial charge in [0.25, 0.3) is 0 Å². The van der Waals surface area contributed by atoms with Crippen LogP contribution in [0.15, 0.2) is 12.1 Å². The maximum Gasteiger partial charge on any atom is 0.126 e. The number of fused-ring (bicyclic) bond motifs is 1. The van der Waals surface area contributed by atoms with E-state index in [0.717, 1.165) is 12.0 Å². The normalized spacial score (nSPS) is 20.9. The van der Waals surface area contributed by atoms with Gasteiger partial charge in [0, 0.05) is 24.6 Å². The first-order chi connectivity index (χ1) is 7.11. The van der Waals surface area contributed by atoms with E-state index in [1.807, 2.05) is 6.92 Å². The van der Waals surface area contributed by atoms with Gasteiger partial charge in [-0.15, -0.1) is 0 Å². The van der Waals surface area contributed by atoms with E-state index in [2.05, 4.69) is 0 Å². The van der Waals surface area contributed by atoms with Crippen LogP contribution in [0.2, 0.25) is 0 Å². The SMILES string of the molecule is CC1Cc2cc(C(O)CN)c(O)cc2O1. The van der Waals surface area contributed by atoms with Gasteiger partial charge in [-0.2, -0.15) is 0 Å². The molecule has 82 valence electrons. The predicted octanol–water partition coefficient (Wildman–Crippen LogP) is 0.708. The van der Waals surface area contributed by atoms with Crippen LogP contribution in [0.4, 0.5) is 0 Å². The fourth-order valence-electron chi connectivity index (χ4n) is 1.86. The van der Waals surface area contributed by atoms with E-state index in [9.17, 15) is 10.2 Å². The molecule has 1 aromatic rings. The van der Waals surface area contributed by atoms with E-state index >= 15 is 0 Å². The number of phenolic OH excluding ortho intramolecular Hbond substituents is 1. The Bertz CT molecular complexity index is 378. The van der Waals surface area contributed by atoms with Crippen LogP contribution in [0.5, 0.6) is 11.5 Å². The van der Waals surface area contributed by atoms with Crippen molar-refractivity contribution in [3.05, 3.63) is 23.3 Å². The van der Waals surface area contributed by atoms with Crippen molar-refractivity contribution in [3.63, 3.8) is 0 Å². The Morgan fingerprint density at radius 1 is 1.60 bits per heavy atom. The molecular weight excluding hydrogens is 194 g/mol. The molecule has 4 N–H and O–H groups in total. The van der Waals surface area contributed by atoms with Crippen molar-refractivity contribution in [2.75, 3.05) is 6.54 Å². The van der Waals surface area contributed by atoms with Crippen molar-refractivity contribution in [2.45, 2.75) is 25.6 Å². The summed E-state index contributed by atoms with van der Waals surface area (Å²) in [7, 11) is 0. The van der Waals surface area contributed by atoms with Crippen molar-refractivity contribution in [1.82, 2.24) is 0 Å². The van der Waals surface area contributed by atoms with Crippen molar-refractivity contribution >= 4 is 0 Å². The zero-order valence-electron chi connectivity index (χ0n) is 8.60. The van der Waals surface area contributed by atoms with Crippen LogP contribution < -0.4 is 10.5 Å². The first-order valence-corrected chi connectivity index (χ1v) is 5.02. The van der Waals surface area contributed by atoms with E-state index < -0.39 is 6.10 Å². The number of hydrogen-bond donors (Lipinski definition) is 3. The molecule has 1 aliphatic rings. The summed E-state index contributed by atoms with van der Waals surface area (Å²) in [6.07, 6.45) is 0.121. The van der Waals surface area contributed by atoms with Gasteiger partial charge in [0.15, 0.2) is 0 Å². The van der Waals surface area contributed by atoms with E-state index in [-0.39, 0.29) is 18.4 Å². The molecule has 15 heavy (non-hydrogen) atoms. The van der Waals surface area contributed by atoms with Gasteiger partial charge in [0.2, 0.25) is 0 Å². The molecule has 1 aromatic carbocycles. The molecule has 2 rings (SSSR count).